The Labute approximate surface area is 181 Å². The van der Waals surface area contributed by atoms with Crippen LogP contribution in [0.4, 0.5) is 0 Å². The molecule has 31 heavy (non-hydrogen) atoms. The summed E-state index contributed by atoms with van der Waals surface area (Å²) in [6.07, 6.45) is 5.94. The second kappa shape index (κ2) is 9.53. The average Bonchev–Trinajstić information content (AvgIpc) is 3.11. The maximum atomic E-state index is 11.2. The van der Waals surface area contributed by atoms with Gasteiger partial charge in [-0.25, -0.2) is 4.79 Å². The maximum Gasteiger partial charge on any atom is 0.333 e. The molecule has 1 N–H and O–H groups in total. The fraction of sp³-hybridized carbons (Fsp3) is 0.240. The molecule has 1 atom stereocenters. The van der Waals surface area contributed by atoms with Crippen LogP contribution in [0.15, 0.2) is 67.0 Å². The fourth-order valence-corrected chi connectivity index (χ4v) is 3.71. The molecule has 0 amide bonds. The monoisotopic (exact) mass is 416 g/mol. The summed E-state index contributed by atoms with van der Waals surface area (Å²) in [5, 5.41) is 9.21. The zero-order chi connectivity index (χ0) is 21.6. The molecule has 0 aliphatic heterocycles. The van der Waals surface area contributed by atoms with Crippen molar-refractivity contribution in [3.05, 3.63) is 84.0 Å². The third kappa shape index (κ3) is 4.64. The third-order valence-corrected chi connectivity index (χ3v) is 5.14. The van der Waals surface area contributed by atoms with Crippen molar-refractivity contribution >= 4 is 11.5 Å². The Balaban J connectivity index is 1.37. The molecule has 1 aliphatic carbocycles. The zero-order valence-electron chi connectivity index (χ0n) is 17.3. The van der Waals surface area contributed by atoms with Gasteiger partial charge in [-0.2, -0.15) is 0 Å². The van der Waals surface area contributed by atoms with Gasteiger partial charge in [0.2, 0.25) is 0 Å². The number of fused-ring (bicyclic) bond motifs is 3. The van der Waals surface area contributed by atoms with Gasteiger partial charge < -0.3 is 14.6 Å². The van der Waals surface area contributed by atoms with E-state index in [-0.39, 0.29) is 0 Å². The van der Waals surface area contributed by atoms with Gasteiger partial charge in [0.05, 0.1) is 18.0 Å². The normalized spacial score (nSPS) is 12.7. The van der Waals surface area contributed by atoms with Crippen LogP contribution in [-0.2, 0) is 16.0 Å². The van der Waals surface area contributed by atoms with Gasteiger partial charge >= 0.3 is 5.97 Å². The molecule has 1 aliphatic rings. The highest BCUT2D eigenvalue weighted by atomic mass is 16.5. The van der Waals surface area contributed by atoms with Gasteiger partial charge in [0.15, 0.2) is 6.10 Å². The van der Waals surface area contributed by atoms with Gasteiger partial charge in [-0.15, -0.1) is 0 Å². The van der Waals surface area contributed by atoms with Crippen LogP contribution >= 0.6 is 0 Å². The number of pyridine rings is 2. The summed E-state index contributed by atoms with van der Waals surface area (Å²) in [5.41, 5.74) is 6.08. The van der Waals surface area contributed by atoms with Crippen molar-refractivity contribution in [1.82, 2.24) is 9.97 Å². The molecule has 6 heteroatoms. The van der Waals surface area contributed by atoms with E-state index >= 15 is 0 Å². The van der Waals surface area contributed by atoms with Crippen molar-refractivity contribution in [2.75, 3.05) is 13.2 Å². The highest BCUT2D eigenvalue weighted by molar-refractivity contribution is 5.98. The highest BCUT2D eigenvalue weighted by Gasteiger charge is 2.24. The Morgan fingerprint density at radius 1 is 1.03 bits per heavy atom. The lowest BCUT2D eigenvalue weighted by Crippen LogP contribution is -2.26. The van der Waals surface area contributed by atoms with Gasteiger partial charge in [0.25, 0.3) is 0 Å². The van der Waals surface area contributed by atoms with E-state index in [1.54, 1.807) is 19.3 Å². The molecule has 2 aromatic heterocycles. The predicted octanol–water partition coefficient (Wildman–Crippen LogP) is 4.39. The number of aromatic nitrogens is 2. The summed E-state index contributed by atoms with van der Waals surface area (Å²) in [4.78, 5) is 20.3. The van der Waals surface area contributed by atoms with Crippen molar-refractivity contribution in [2.24, 2.45) is 0 Å². The lowest BCUT2D eigenvalue weighted by atomic mass is 10.1. The third-order valence-electron chi connectivity index (χ3n) is 5.14. The van der Waals surface area contributed by atoms with E-state index in [0.717, 1.165) is 39.4 Å². The number of aliphatic carboxylic acids is 1. The van der Waals surface area contributed by atoms with Gasteiger partial charge in [-0.1, -0.05) is 30.3 Å². The average molecular weight is 416 g/mol. The van der Waals surface area contributed by atoms with Crippen molar-refractivity contribution in [3.8, 4) is 16.9 Å². The first kappa shape index (κ1) is 20.8. The summed E-state index contributed by atoms with van der Waals surface area (Å²) in [7, 11) is 0. The summed E-state index contributed by atoms with van der Waals surface area (Å²) < 4.78 is 11.1. The number of hydrogen-bond acceptors (Lipinski definition) is 5. The molecule has 3 aromatic rings. The molecular formula is C25H24N2O4. The van der Waals surface area contributed by atoms with E-state index in [1.807, 2.05) is 36.4 Å². The minimum Gasteiger partial charge on any atom is -0.493 e. The molecule has 0 spiro atoms. The molecule has 1 unspecified atom stereocenters. The fourth-order valence-electron chi connectivity index (χ4n) is 3.71. The minimum absolute atomic E-state index is 0.328. The second-order valence-electron chi connectivity index (χ2n) is 7.18. The van der Waals surface area contributed by atoms with E-state index in [4.69, 9.17) is 9.47 Å². The highest BCUT2D eigenvalue weighted by Crippen LogP contribution is 2.41. The lowest BCUT2D eigenvalue weighted by molar-refractivity contribution is -0.149. The van der Waals surface area contributed by atoms with Crippen LogP contribution < -0.4 is 4.74 Å². The number of ether oxygens (including phenoxy) is 2. The largest absolute Gasteiger partial charge is 0.493 e. The molecule has 0 fully saturated rings. The van der Waals surface area contributed by atoms with E-state index in [1.165, 1.54) is 0 Å². The number of hydrogen-bond donors (Lipinski definition) is 1. The molecule has 2 heterocycles. The van der Waals surface area contributed by atoms with Crippen LogP contribution in [0, 0.1) is 0 Å². The number of carbonyl (C=O) groups is 1. The SMILES string of the molecule is CCOC(Cc1ccc(OCCC=C2c3ncccc3-c3cccnc32)cc1)C(=O)O. The molecule has 158 valence electrons. The standard InChI is InChI=1S/C25H24N2O4/c1-2-30-22(25(28)29)16-17-9-11-18(12-10-17)31-15-5-8-21-23-19(6-3-13-26-23)20-7-4-14-27-24(20)21/h3-4,6-14,22H,2,5,15-16H2,1H3,(H,28,29). The number of nitrogens with zero attached hydrogens (tertiary/aromatic N) is 2. The molecule has 1 aromatic carbocycles. The molecule has 0 saturated heterocycles. The quantitative estimate of drug-likeness (QED) is 0.408. The lowest BCUT2D eigenvalue weighted by Gasteiger charge is -2.12. The van der Waals surface area contributed by atoms with Crippen LogP contribution in [0.2, 0.25) is 0 Å². The van der Waals surface area contributed by atoms with Gasteiger partial charge in [0, 0.05) is 48.5 Å². The minimum atomic E-state index is -0.950. The number of benzene rings is 1. The van der Waals surface area contributed by atoms with E-state index in [0.29, 0.717) is 26.1 Å². The van der Waals surface area contributed by atoms with Crippen molar-refractivity contribution < 1.29 is 19.4 Å². The predicted molar refractivity (Wildman–Crippen MR) is 118 cm³/mol. The van der Waals surface area contributed by atoms with Gasteiger partial charge in [0.1, 0.15) is 5.75 Å². The zero-order valence-corrected chi connectivity index (χ0v) is 17.3. The maximum absolute atomic E-state index is 11.2. The molecule has 0 bridgehead atoms. The Hall–Kier alpha value is -3.51. The Kier molecular flexibility index (Phi) is 6.38. The van der Waals surface area contributed by atoms with Crippen LogP contribution in [0.1, 0.15) is 30.3 Å². The van der Waals surface area contributed by atoms with Crippen molar-refractivity contribution in [1.29, 1.82) is 0 Å². The molecule has 6 nitrogen and oxygen atoms in total. The van der Waals surface area contributed by atoms with Gasteiger partial charge in [-0.05, 0) is 36.8 Å². The van der Waals surface area contributed by atoms with Crippen molar-refractivity contribution in [2.45, 2.75) is 25.9 Å². The summed E-state index contributed by atoms with van der Waals surface area (Å²) in [5.74, 6) is -0.205. The van der Waals surface area contributed by atoms with Crippen LogP contribution in [-0.4, -0.2) is 40.4 Å². The molecule has 0 radical (unpaired) electrons. The second-order valence-corrected chi connectivity index (χ2v) is 7.18. The molecule has 4 rings (SSSR count). The summed E-state index contributed by atoms with van der Waals surface area (Å²) in [6.45, 7) is 2.68. The first-order chi connectivity index (χ1) is 15.2. The Morgan fingerprint density at radius 2 is 1.68 bits per heavy atom. The Morgan fingerprint density at radius 3 is 2.26 bits per heavy atom. The Bertz CT molecular complexity index is 1050. The summed E-state index contributed by atoms with van der Waals surface area (Å²) >= 11 is 0. The first-order valence-electron chi connectivity index (χ1n) is 10.3. The molecule has 0 saturated carbocycles. The molecular weight excluding hydrogens is 392 g/mol. The van der Waals surface area contributed by atoms with E-state index in [2.05, 4.69) is 28.2 Å². The van der Waals surface area contributed by atoms with Crippen LogP contribution in [0.5, 0.6) is 5.75 Å². The van der Waals surface area contributed by atoms with Crippen molar-refractivity contribution in [3.63, 3.8) is 0 Å². The number of rotatable bonds is 9. The van der Waals surface area contributed by atoms with Crippen LogP contribution in [0.3, 0.4) is 0 Å². The van der Waals surface area contributed by atoms with Crippen LogP contribution in [0.25, 0.3) is 16.7 Å². The van der Waals surface area contributed by atoms with Gasteiger partial charge in [-0.3, -0.25) is 9.97 Å². The first-order valence-corrected chi connectivity index (χ1v) is 10.3. The summed E-state index contributed by atoms with van der Waals surface area (Å²) in [6, 6.07) is 15.5. The smallest absolute Gasteiger partial charge is 0.333 e. The van der Waals surface area contributed by atoms with E-state index < -0.39 is 12.1 Å². The topological polar surface area (TPSA) is 81.5 Å². The number of carboxylic acids is 1. The van der Waals surface area contributed by atoms with E-state index in [9.17, 15) is 9.90 Å². The number of carboxylic acid groups (broad SMARTS) is 1.